The van der Waals surface area contributed by atoms with Crippen LogP contribution >= 0.6 is 12.2 Å². The number of rotatable bonds is 6. The summed E-state index contributed by atoms with van der Waals surface area (Å²) in [5.74, 6) is 0.940. The first-order valence-corrected chi connectivity index (χ1v) is 7.88. The van der Waals surface area contributed by atoms with Crippen LogP contribution in [-0.2, 0) is 0 Å². The van der Waals surface area contributed by atoms with Gasteiger partial charge in [0.2, 0.25) is 0 Å². The Bertz CT molecular complexity index is 256. The minimum atomic E-state index is 0.666. The molecule has 0 aromatic carbocycles. The molecule has 2 rings (SSSR count). The number of hydrogen-bond donors (Lipinski definition) is 1. The lowest BCUT2D eigenvalue weighted by molar-refractivity contribution is 0.153. The maximum Gasteiger partial charge on any atom is 0.0727 e. The second kappa shape index (κ2) is 7.41. The average Bonchev–Trinajstić information content (AvgIpc) is 2.84. The Morgan fingerprint density at radius 1 is 1.06 bits per heavy atom. The van der Waals surface area contributed by atoms with Crippen LogP contribution in [0.5, 0.6) is 0 Å². The van der Waals surface area contributed by atoms with Crippen LogP contribution in [0.15, 0.2) is 0 Å². The number of thiocarbonyl (C=S) groups is 1. The third-order valence-corrected chi connectivity index (χ3v) is 4.52. The minimum absolute atomic E-state index is 0.666. The molecule has 0 aliphatic carbocycles. The topological polar surface area (TPSA) is 32.5 Å². The number of likely N-dealkylation sites (tertiary alicyclic amines) is 2. The first kappa shape index (κ1) is 14.2. The highest BCUT2D eigenvalue weighted by Gasteiger charge is 2.22. The highest BCUT2D eigenvalue weighted by atomic mass is 32.1. The maximum absolute atomic E-state index is 5.53. The summed E-state index contributed by atoms with van der Waals surface area (Å²) in [6.07, 6.45) is 7.62. The van der Waals surface area contributed by atoms with Gasteiger partial charge in [-0.25, -0.2) is 0 Å². The van der Waals surface area contributed by atoms with Crippen LogP contribution in [0.1, 0.15) is 38.5 Å². The van der Waals surface area contributed by atoms with Gasteiger partial charge in [0.05, 0.1) is 4.99 Å². The highest BCUT2D eigenvalue weighted by molar-refractivity contribution is 7.80. The molecule has 104 valence electrons. The van der Waals surface area contributed by atoms with Gasteiger partial charge in [0.15, 0.2) is 0 Å². The second-order valence-corrected chi connectivity index (χ2v) is 6.39. The van der Waals surface area contributed by atoms with E-state index in [-0.39, 0.29) is 0 Å². The summed E-state index contributed by atoms with van der Waals surface area (Å²) in [5, 5.41) is 0. The molecule has 0 saturated carbocycles. The van der Waals surface area contributed by atoms with Crippen molar-refractivity contribution >= 4 is 17.2 Å². The molecule has 0 unspecified atom stereocenters. The van der Waals surface area contributed by atoms with Crippen molar-refractivity contribution in [2.75, 3.05) is 39.3 Å². The van der Waals surface area contributed by atoms with Gasteiger partial charge in [0, 0.05) is 6.54 Å². The molecule has 0 amide bonds. The van der Waals surface area contributed by atoms with Crippen LogP contribution in [0.2, 0.25) is 0 Å². The number of nitrogens with two attached hydrogens (primary N) is 1. The van der Waals surface area contributed by atoms with Gasteiger partial charge in [0.1, 0.15) is 0 Å². The maximum atomic E-state index is 5.53. The molecule has 2 fully saturated rings. The number of nitrogens with zero attached hydrogens (tertiary/aromatic N) is 2. The summed E-state index contributed by atoms with van der Waals surface area (Å²) in [4.78, 5) is 5.91. The molecule has 0 spiro atoms. The summed E-state index contributed by atoms with van der Waals surface area (Å²) in [7, 11) is 0. The molecule has 3 nitrogen and oxygen atoms in total. The van der Waals surface area contributed by atoms with E-state index in [1.807, 2.05) is 0 Å². The van der Waals surface area contributed by atoms with Gasteiger partial charge in [-0.1, -0.05) is 12.2 Å². The lowest BCUT2D eigenvalue weighted by atomic mass is 9.96. The first-order valence-electron chi connectivity index (χ1n) is 7.47. The van der Waals surface area contributed by atoms with Gasteiger partial charge in [-0.3, -0.25) is 0 Å². The van der Waals surface area contributed by atoms with Crippen molar-refractivity contribution in [3.05, 3.63) is 0 Å². The van der Waals surface area contributed by atoms with E-state index in [9.17, 15) is 0 Å². The van der Waals surface area contributed by atoms with Crippen molar-refractivity contribution in [2.24, 2.45) is 11.7 Å². The van der Waals surface area contributed by atoms with Gasteiger partial charge in [-0.05, 0) is 77.2 Å². The van der Waals surface area contributed by atoms with Crippen molar-refractivity contribution in [1.29, 1.82) is 0 Å². The largest absolute Gasteiger partial charge is 0.393 e. The molecular formula is C14H27N3S. The van der Waals surface area contributed by atoms with Gasteiger partial charge >= 0.3 is 0 Å². The van der Waals surface area contributed by atoms with Crippen molar-refractivity contribution in [3.63, 3.8) is 0 Å². The van der Waals surface area contributed by atoms with E-state index >= 15 is 0 Å². The SMILES string of the molecule is NC(=S)CCCN1CCC(CN2CCCC2)CC1. The Balaban J connectivity index is 1.57. The van der Waals surface area contributed by atoms with Gasteiger partial charge < -0.3 is 15.5 Å². The van der Waals surface area contributed by atoms with E-state index in [0.29, 0.717) is 4.99 Å². The third kappa shape index (κ3) is 4.82. The Hall–Kier alpha value is -0.190. The van der Waals surface area contributed by atoms with E-state index < -0.39 is 0 Å². The summed E-state index contributed by atoms with van der Waals surface area (Å²) < 4.78 is 0. The Labute approximate surface area is 117 Å². The molecule has 0 aromatic heterocycles. The Kier molecular flexibility index (Phi) is 5.86. The molecule has 2 aliphatic rings. The molecule has 4 heteroatoms. The van der Waals surface area contributed by atoms with Crippen molar-refractivity contribution in [1.82, 2.24) is 9.80 Å². The lowest BCUT2D eigenvalue weighted by Gasteiger charge is -2.33. The van der Waals surface area contributed by atoms with Crippen LogP contribution in [0.25, 0.3) is 0 Å². The summed E-state index contributed by atoms with van der Waals surface area (Å²) in [6.45, 7) is 7.75. The van der Waals surface area contributed by atoms with Crippen molar-refractivity contribution in [2.45, 2.75) is 38.5 Å². The molecule has 2 aliphatic heterocycles. The van der Waals surface area contributed by atoms with E-state index in [1.54, 1.807) is 0 Å². The van der Waals surface area contributed by atoms with Crippen LogP contribution in [0.3, 0.4) is 0 Å². The zero-order valence-electron chi connectivity index (χ0n) is 11.4. The van der Waals surface area contributed by atoms with Gasteiger partial charge in [-0.15, -0.1) is 0 Å². The molecule has 2 N–H and O–H groups in total. The fraction of sp³-hybridized carbons (Fsp3) is 0.929. The normalized spacial score (nSPS) is 23.6. The van der Waals surface area contributed by atoms with Crippen LogP contribution in [-0.4, -0.2) is 54.1 Å². The second-order valence-electron chi connectivity index (χ2n) is 5.86. The van der Waals surface area contributed by atoms with E-state index in [0.717, 1.165) is 18.8 Å². The first-order chi connectivity index (χ1) is 8.74. The monoisotopic (exact) mass is 269 g/mol. The zero-order valence-corrected chi connectivity index (χ0v) is 12.3. The fourth-order valence-electron chi connectivity index (χ4n) is 3.20. The molecule has 0 aromatic rings. The Morgan fingerprint density at radius 3 is 2.33 bits per heavy atom. The van der Waals surface area contributed by atoms with Crippen molar-refractivity contribution in [3.8, 4) is 0 Å². The van der Waals surface area contributed by atoms with Gasteiger partial charge in [-0.2, -0.15) is 0 Å². The lowest BCUT2D eigenvalue weighted by Crippen LogP contribution is -2.38. The minimum Gasteiger partial charge on any atom is -0.393 e. The highest BCUT2D eigenvalue weighted by Crippen LogP contribution is 2.20. The fourth-order valence-corrected chi connectivity index (χ4v) is 3.34. The summed E-state index contributed by atoms with van der Waals surface area (Å²) in [6, 6.07) is 0. The zero-order chi connectivity index (χ0) is 12.8. The smallest absolute Gasteiger partial charge is 0.0727 e. The average molecular weight is 269 g/mol. The predicted octanol–water partition coefficient (Wildman–Crippen LogP) is 1.86. The van der Waals surface area contributed by atoms with Crippen molar-refractivity contribution < 1.29 is 0 Å². The molecule has 0 atom stereocenters. The van der Waals surface area contributed by atoms with Gasteiger partial charge in [0.25, 0.3) is 0 Å². The van der Waals surface area contributed by atoms with Crippen LogP contribution in [0, 0.1) is 5.92 Å². The summed E-state index contributed by atoms with van der Waals surface area (Å²) >= 11 is 4.91. The number of piperidine rings is 1. The van der Waals surface area contributed by atoms with E-state index in [1.165, 1.54) is 65.0 Å². The van der Waals surface area contributed by atoms with Crippen LogP contribution in [0.4, 0.5) is 0 Å². The molecule has 2 saturated heterocycles. The quantitative estimate of drug-likeness (QED) is 0.746. The Morgan fingerprint density at radius 2 is 1.72 bits per heavy atom. The van der Waals surface area contributed by atoms with Crippen LogP contribution < -0.4 is 5.73 Å². The molecular weight excluding hydrogens is 242 g/mol. The number of hydrogen-bond acceptors (Lipinski definition) is 3. The standard InChI is InChI=1S/C14H27N3S/c15-14(18)4-3-9-16-10-5-13(6-11-16)12-17-7-1-2-8-17/h13H,1-12H2,(H2,15,18). The van der Waals surface area contributed by atoms with E-state index in [2.05, 4.69) is 9.80 Å². The van der Waals surface area contributed by atoms with E-state index in [4.69, 9.17) is 18.0 Å². The third-order valence-electron chi connectivity index (χ3n) is 4.32. The predicted molar refractivity (Wildman–Crippen MR) is 80.9 cm³/mol. The molecule has 0 bridgehead atoms. The molecule has 2 heterocycles. The summed E-state index contributed by atoms with van der Waals surface area (Å²) in [5.41, 5.74) is 5.53. The molecule has 0 radical (unpaired) electrons. The molecule has 18 heavy (non-hydrogen) atoms.